The molecular weight excluding hydrogens is 296 g/mol. The monoisotopic (exact) mass is 304 g/mol. The number of carbonyl (C=O) groups is 1. The van der Waals surface area contributed by atoms with Gasteiger partial charge in [-0.1, -0.05) is 40.2 Å². The van der Waals surface area contributed by atoms with E-state index < -0.39 is 0 Å². The molecule has 1 rings (SSSR count). The van der Waals surface area contributed by atoms with Crippen molar-refractivity contribution in [3.8, 4) is 0 Å². The Kier molecular flexibility index (Phi) is 4.67. The number of rotatable bonds is 4. The second-order valence-corrected chi connectivity index (χ2v) is 4.20. The van der Waals surface area contributed by atoms with E-state index >= 15 is 0 Å². The van der Waals surface area contributed by atoms with Crippen LogP contribution >= 0.6 is 31.9 Å². The fourth-order valence-electron chi connectivity index (χ4n) is 1.16. The molecule has 0 spiro atoms. The Bertz CT molecular complexity index is 297. The molecule has 1 aromatic carbocycles. The normalized spacial score (nSPS) is 10.0. The second kappa shape index (κ2) is 5.55. The average Bonchev–Trinajstić information content (AvgIpc) is 2.15. The zero-order valence-corrected chi connectivity index (χ0v) is 10.3. The van der Waals surface area contributed by atoms with Gasteiger partial charge in [0.1, 0.15) is 0 Å². The van der Waals surface area contributed by atoms with Crippen LogP contribution in [0.4, 0.5) is 0 Å². The van der Waals surface area contributed by atoms with E-state index in [0.717, 1.165) is 11.8 Å². The SMILES string of the molecule is O=C(Br)CCc1ccccc1CBr. The van der Waals surface area contributed by atoms with Crippen LogP contribution in [0.15, 0.2) is 24.3 Å². The molecule has 0 radical (unpaired) electrons. The van der Waals surface area contributed by atoms with Gasteiger partial charge in [0, 0.05) is 11.8 Å². The first-order valence-electron chi connectivity index (χ1n) is 4.05. The van der Waals surface area contributed by atoms with Gasteiger partial charge in [0.25, 0.3) is 0 Å². The van der Waals surface area contributed by atoms with Gasteiger partial charge in [-0.25, -0.2) is 0 Å². The third kappa shape index (κ3) is 3.61. The van der Waals surface area contributed by atoms with Gasteiger partial charge in [-0.3, -0.25) is 4.79 Å². The smallest absolute Gasteiger partial charge is 0.198 e. The maximum atomic E-state index is 10.7. The van der Waals surface area contributed by atoms with E-state index in [0.29, 0.717) is 6.42 Å². The maximum absolute atomic E-state index is 10.7. The third-order valence-corrected chi connectivity index (χ3v) is 2.85. The van der Waals surface area contributed by atoms with Crippen LogP contribution in [-0.2, 0) is 16.5 Å². The fourth-order valence-corrected chi connectivity index (χ4v) is 1.91. The number of hydrogen-bond acceptors (Lipinski definition) is 1. The highest BCUT2D eigenvalue weighted by Gasteiger charge is 2.02. The summed E-state index contributed by atoms with van der Waals surface area (Å²) < 4.78 is 0.0666. The topological polar surface area (TPSA) is 17.1 Å². The molecule has 0 saturated heterocycles. The average molecular weight is 306 g/mol. The van der Waals surface area contributed by atoms with Crippen molar-refractivity contribution in [2.45, 2.75) is 18.2 Å². The summed E-state index contributed by atoms with van der Waals surface area (Å²) in [5, 5.41) is 0.847. The standard InChI is InChI=1S/C10H10Br2O/c11-7-9-4-2-1-3-8(9)5-6-10(12)13/h1-4H,5-7H2. The van der Waals surface area contributed by atoms with Gasteiger partial charge in [0.05, 0.1) is 0 Å². The molecule has 0 atom stereocenters. The van der Waals surface area contributed by atoms with Gasteiger partial charge in [-0.15, -0.1) is 0 Å². The minimum atomic E-state index is 0.0666. The number of benzene rings is 1. The predicted octanol–water partition coefficient (Wildman–Crippen LogP) is 3.44. The zero-order valence-electron chi connectivity index (χ0n) is 7.09. The van der Waals surface area contributed by atoms with Crippen molar-refractivity contribution in [1.82, 2.24) is 0 Å². The van der Waals surface area contributed by atoms with Crippen LogP contribution < -0.4 is 0 Å². The van der Waals surface area contributed by atoms with Crippen LogP contribution in [0.2, 0.25) is 0 Å². The molecule has 0 saturated carbocycles. The Morgan fingerprint density at radius 2 is 1.85 bits per heavy atom. The largest absolute Gasteiger partial charge is 0.287 e. The molecule has 1 nitrogen and oxygen atoms in total. The molecular formula is C10H10Br2O. The van der Waals surface area contributed by atoms with Crippen molar-refractivity contribution in [2.75, 3.05) is 0 Å². The van der Waals surface area contributed by atoms with Crippen LogP contribution in [0.5, 0.6) is 0 Å². The highest BCUT2D eigenvalue weighted by Crippen LogP contribution is 2.14. The van der Waals surface area contributed by atoms with E-state index in [9.17, 15) is 4.79 Å². The summed E-state index contributed by atoms with van der Waals surface area (Å²) in [6.07, 6.45) is 1.37. The third-order valence-electron chi connectivity index (χ3n) is 1.85. The van der Waals surface area contributed by atoms with Gasteiger partial charge in [0.15, 0.2) is 4.69 Å². The van der Waals surface area contributed by atoms with Crippen LogP contribution in [0.25, 0.3) is 0 Å². The molecule has 0 aliphatic carbocycles. The first kappa shape index (κ1) is 10.9. The molecule has 13 heavy (non-hydrogen) atoms. The van der Waals surface area contributed by atoms with Crippen molar-refractivity contribution in [3.05, 3.63) is 35.4 Å². The first-order chi connectivity index (χ1) is 6.24. The van der Waals surface area contributed by atoms with E-state index in [1.807, 2.05) is 12.1 Å². The van der Waals surface area contributed by atoms with Crippen molar-refractivity contribution in [2.24, 2.45) is 0 Å². The molecule has 0 N–H and O–H groups in total. The summed E-state index contributed by atoms with van der Waals surface area (Å²) in [5.74, 6) is 0. The highest BCUT2D eigenvalue weighted by molar-refractivity contribution is 9.18. The second-order valence-electron chi connectivity index (χ2n) is 2.76. The van der Waals surface area contributed by atoms with E-state index in [-0.39, 0.29) is 4.69 Å². The van der Waals surface area contributed by atoms with E-state index in [2.05, 4.69) is 44.0 Å². The molecule has 3 heteroatoms. The van der Waals surface area contributed by atoms with Crippen LogP contribution in [0, 0.1) is 0 Å². The molecule has 0 heterocycles. The molecule has 0 aromatic heterocycles. The van der Waals surface area contributed by atoms with E-state index in [4.69, 9.17) is 0 Å². The van der Waals surface area contributed by atoms with Crippen molar-refractivity contribution in [3.63, 3.8) is 0 Å². The van der Waals surface area contributed by atoms with Crippen LogP contribution in [0.3, 0.4) is 0 Å². The summed E-state index contributed by atoms with van der Waals surface area (Å²) in [6, 6.07) is 8.14. The summed E-state index contributed by atoms with van der Waals surface area (Å²) in [6.45, 7) is 0. The summed E-state index contributed by atoms with van der Waals surface area (Å²) in [7, 11) is 0. The Morgan fingerprint density at radius 1 is 1.23 bits per heavy atom. The van der Waals surface area contributed by atoms with Gasteiger partial charge >= 0.3 is 0 Å². The zero-order chi connectivity index (χ0) is 9.68. The summed E-state index contributed by atoms with van der Waals surface area (Å²) >= 11 is 6.35. The lowest BCUT2D eigenvalue weighted by Crippen LogP contribution is -1.94. The Labute approximate surface area is 94.8 Å². The van der Waals surface area contributed by atoms with Crippen LogP contribution in [0.1, 0.15) is 17.5 Å². The number of alkyl halides is 1. The highest BCUT2D eigenvalue weighted by atomic mass is 79.9. The first-order valence-corrected chi connectivity index (χ1v) is 5.96. The lowest BCUT2D eigenvalue weighted by Gasteiger charge is -2.04. The fraction of sp³-hybridized carbons (Fsp3) is 0.300. The van der Waals surface area contributed by atoms with Gasteiger partial charge in [-0.2, -0.15) is 0 Å². The Hall–Kier alpha value is -0.150. The number of aryl methyl sites for hydroxylation is 1. The molecule has 0 fully saturated rings. The van der Waals surface area contributed by atoms with Gasteiger partial charge in [-0.05, 0) is 33.5 Å². The molecule has 0 amide bonds. The molecule has 70 valence electrons. The number of carbonyl (C=O) groups excluding carboxylic acids is 1. The molecule has 0 aliphatic rings. The van der Waals surface area contributed by atoms with E-state index in [1.165, 1.54) is 11.1 Å². The van der Waals surface area contributed by atoms with Crippen molar-refractivity contribution >= 4 is 36.6 Å². The lowest BCUT2D eigenvalue weighted by molar-refractivity contribution is -0.110. The maximum Gasteiger partial charge on any atom is 0.198 e. The minimum Gasteiger partial charge on any atom is -0.287 e. The number of halogens is 2. The predicted molar refractivity (Wildman–Crippen MR) is 61.3 cm³/mol. The number of hydrogen-bond donors (Lipinski definition) is 0. The lowest BCUT2D eigenvalue weighted by atomic mass is 10.0. The molecule has 0 aliphatic heterocycles. The minimum absolute atomic E-state index is 0.0666. The van der Waals surface area contributed by atoms with Crippen molar-refractivity contribution < 1.29 is 4.79 Å². The summed E-state index contributed by atoms with van der Waals surface area (Å²) in [5.41, 5.74) is 2.50. The quantitative estimate of drug-likeness (QED) is 0.615. The Balaban J connectivity index is 2.69. The van der Waals surface area contributed by atoms with E-state index in [1.54, 1.807) is 0 Å². The van der Waals surface area contributed by atoms with Gasteiger partial charge < -0.3 is 0 Å². The van der Waals surface area contributed by atoms with Crippen molar-refractivity contribution in [1.29, 1.82) is 0 Å². The Morgan fingerprint density at radius 3 is 2.38 bits per heavy atom. The van der Waals surface area contributed by atoms with Gasteiger partial charge in [0.2, 0.25) is 0 Å². The van der Waals surface area contributed by atoms with Crippen LogP contribution in [-0.4, -0.2) is 4.69 Å². The summed E-state index contributed by atoms with van der Waals surface area (Å²) in [4.78, 5) is 10.7. The molecule has 0 unspecified atom stereocenters. The molecule has 0 bridgehead atoms. The molecule has 1 aromatic rings.